The van der Waals surface area contributed by atoms with E-state index in [0.29, 0.717) is 0 Å². The highest BCUT2D eigenvalue weighted by Gasteiger charge is 2.23. The second kappa shape index (κ2) is 5.11. The second-order valence-corrected chi connectivity index (χ2v) is 5.78. The lowest BCUT2D eigenvalue weighted by molar-refractivity contribution is 0.0635. The number of aromatic nitrogens is 1. The normalized spacial score (nSPS) is 13.8. The monoisotopic (exact) mass is 278 g/mol. The number of carbonyl (C=O) groups excluding carboxylic acids is 1. The molecule has 0 saturated carbocycles. The molecule has 1 aromatic heterocycles. The highest BCUT2D eigenvalue weighted by molar-refractivity contribution is 5.97. The Bertz CT molecular complexity index is 561. The first-order valence-corrected chi connectivity index (χ1v) is 6.52. The molecule has 0 fully saturated rings. The molecule has 0 atom stereocenters. The lowest BCUT2D eigenvalue weighted by atomic mass is 10.1. The van der Waals surface area contributed by atoms with Crippen LogP contribution in [0.15, 0.2) is 6.07 Å². The van der Waals surface area contributed by atoms with Gasteiger partial charge in [-0.25, -0.2) is 14.6 Å². The van der Waals surface area contributed by atoms with Crippen LogP contribution in [0, 0.1) is 0 Å². The Morgan fingerprint density at radius 3 is 2.65 bits per heavy atom. The molecule has 1 aromatic rings. The van der Waals surface area contributed by atoms with Gasteiger partial charge in [-0.05, 0) is 51.7 Å². The maximum absolute atomic E-state index is 11.7. The van der Waals surface area contributed by atoms with Crippen LogP contribution in [0.5, 0.6) is 0 Å². The van der Waals surface area contributed by atoms with E-state index >= 15 is 0 Å². The first kappa shape index (κ1) is 14.3. The van der Waals surface area contributed by atoms with E-state index < -0.39 is 17.7 Å². The number of nitrogens with zero attached hydrogens (tertiary/aromatic N) is 1. The number of ether oxygens (including phenoxy) is 1. The van der Waals surface area contributed by atoms with Gasteiger partial charge in [0.05, 0.1) is 0 Å². The summed E-state index contributed by atoms with van der Waals surface area (Å²) in [6.07, 6.45) is 1.88. The number of amides is 1. The molecule has 6 heteroatoms. The molecule has 2 rings (SSSR count). The van der Waals surface area contributed by atoms with Gasteiger partial charge in [0.15, 0.2) is 0 Å². The molecule has 0 saturated heterocycles. The lowest BCUT2D eigenvalue weighted by Crippen LogP contribution is -2.28. The number of pyridine rings is 1. The fourth-order valence-electron chi connectivity index (χ4n) is 2.13. The van der Waals surface area contributed by atoms with Gasteiger partial charge in [0.25, 0.3) is 0 Å². The number of carboxylic acid groups (broad SMARTS) is 1. The minimum absolute atomic E-state index is 0.00323. The maximum atomic E-state index is 11.7. The van der Waals surface area contributed by atoms with Gasteiger partial charge in [-0.1, -0.05) is 0 Å². The Balaban J connectivity index is 2.26. The zero-order valence-electron chi connectivity index (χ0n) is 11.8. The van der Waals surface area contributed by atoms with Crippen LogP contribution in [0.3, 0.4) is 0 Å². The van der Waals surface area contributed by atoms with E-state index in [1.54, 1.807) is 26.8 Å². The highest BCUT2D eigenvalue weighted by Crippen LogP contribution is 2.25. The van der Waals surface area contributed by atoms with Crippen molar-refractivity contribution in [3.05, 3.63) is 22.9 Å². The highest BCUT2D eigenvalue weighted by atomic mass is 16.6. The largest absolute Gasteiger partial charge is 0.478 e. The van der Waals surface area contributed by atoms with Gasteiger partial charge in [-0.15, -0.1) is 0 Å². The Morgan fingerprint density at radius 1 is 1.35 bits per heavy atom. The average Bonchev–Trinajstić information content (AvgIpc) is 2.71. The minimum atomic E-state index is -1.11. The third-order valence-electron chi connectivity index (χ3n) is 2.90. The van der Waals surface area contributed by atoms with Crippen molar-refractivity contribution in [3.63, 3.8) is 0 Å². The van der Waals surface area contributed by atoms with E-state index in [-0.39, 0.29) is 11.4 Å². The van der Waals surface area contributed by atoms with Crippen molar-refractivity contribution in [1.29, 1.82) is 0 Å². The average molecular weight is 278 g/mol. The van der Waals surface area contributed by atoms with Crippen LogP contribution in [0.25, 0.3) is 0 Å². The van der Waals surface area contributed by atoms with Crippen LogP contribution >= 0.6 is 0 Å². The number of nitrogens with one attached hydrogen (secondary N) is 1. The fourth-order valence-corrected chi connectivity index (χ4v) is 2.13. The summed E-state index contributed by atoms with van der Waals surface area (Å²) >= 11 is 0. The molecular formula is C14H18N2O4. The second-order valence-electron chi connectivity index (χ2n) is 5.78. The van der Waals surface area contributed by atoms with Crippen molar-refractivity contribution in [2.24, 2.45) is 0 Å². The molecule has 0 aromatic carbocycles. The Kier molecular flexibility index (Phi) is 3.65. The smallest absolute Gasteiger partial charge is 0.413 e. The van der Waals surface area contributed by atoms with Crippen molar-refractivity contribution in [2.75, 3.05) is 5.32 Å². The molecule has 0 radical (unpaired) electrons. The summed E-state index contributed by atoms with van der Waals surface area (Å²) in [5.41, 5.74) is 1.14. The number of anilines is 1. The summed E-state index contributed by atoms with van der Waals surface area (Å²) < 4.78 is 5.11. The molecule has 6 nitrogen and oxygen atoms in total. The molecular weight excluding hydrogens is 260 g/mol. The van der Waals surface area contributed by atoms with Crippen molar-refractivity contribution in [2.45, 2.75) is 45.6 Å². The molecule has 1 amide bonds. The third-order valence-corrected chi connectivity index (χ3v) is 2.90. The van der Waals surface area contributed by atoms with Crippen LogP contribution < -0.4 is 5.32 Å². The van der Waals surface area contributed by atoms with Gasteiger partial charge in [0.2, 0.25) is 0 Å². The van der Waals surface area contributed by atoms with Crippen LogP contribution in [0.4, 0.5) is 10.6 Å². The molecule has 1 heterocycles. The quantitative estimate of drug-likeness (QED) is 0.868. The molecule has 2 N–H and O–H groups in total. The van der Waals surface area contributed by atoms with Crippen molar-refractivity contribution in [3.8, 4) is 0 Å². The maximum Gasteiger partial charge on any atom is 0.413 e. The van der Waals surface area contributed by atoms with Gasteiger partial charge in [0.1, 0.15) is 17.0 Å². The summed E-state index contributed by atoms with van der Waals surface area (Å²) in [4.78, 5) is 27.2. The molecule has 20 heavy (non-hydrogen) atoms. The standard InChI is InChI=1S/C14H18N2O4/c1-14(2,3)20-13(19)16-11-9(12(17)18)7-8-5-4-6-10(8)15-11/h7H,4-6H2,1-3H3,(H,17,18)(H,15,16,19). The Morgan fingerprint density at radius 2 is 2.05 bits per heavy atom. The molecule has 108 valence electrons. The minimum Gasteiger partial charge on any atom is -0.478 e. The number of rotatable bonds is 2. The topological polar surface area (TPSA) is 88.5 Å². The van der Waals surface area contributed by atoms with Gasteiger partial charge in [-0.3, -0.25) is 5.32 Å². The summed E-state index contributed by atoms with van der Waals surface area (Å²) in [5, 5.41) is 11.6. The van der Waals surface area contributed by atoms with Gasteiger partial charge < -0.3 is 9.84 Å². The van der Waals surface area contributed by atoms with Crippen molar-refractivity contribution < 1.29 is 19.4 Å². The zero-order valence-corrected chi connectivity index (χ0v) is 11.8. The van der Waals surface area contributed by atoms with E-state index in [9.17, 15) is 14.7 Å². The molecule has 1 aliphatic carbocycles. The molecule has 0 bridgehead atoms. The van der Waals surface area contributed by atoms with E-state index in [4.69, 9.17) is 4.74 Å². The zero-order chi connectivity index (χ0) is 14.9. The Hall–Kier alpha value is -2.11. The fraction of sp³-hybridized carbons (Fsp3) is 0.500. The predicted octanol–water partition coefficient (Wildman–Crippen LogP) is 2.62. The SMILES string of the molecule is CC(C)(C)OC(=O)Nc1nc2c(cc1C(=O)O)CCC2. The third kappa shape index (κ3) is 3.26. The summed E-state index contributed by atoms with van der Waals surface area (Å²) in [6, 6.07) is 1.59. The number of carboxylic acids is 1. The predicted molar refractivity (Wildman–Crippen MR) is 73.1 cm³/mol. The van der Waals surface area contributed by atoms with Crippen LogP contribution in [-0.4, -0.2) is 27.8 Å². The number of hydrogen-bond acceptors (Lipinski definition) is 4. The van der Waals surface area contributed by atoms with E-state index in [0.717, 1.165) is 30.5 Å². The van der Waals surface area contributed by atoms with Crippen molar-refractivity contribution in [1.82, 2.24) is 4.98 Å². The van der Waals surface area contributed by atoms with E-state index in [1.807, 2.05) is 0 Å². The Labute approximate surface area is 117 Å². The van der Waals surface area contributed by atoms with Crippen molar-refractivity contribution >= 4 is 17.9 Å². The number of hydrogen-bond donors (Lipinski definition) is 2. The molecule has 0 unspecified atom stereocenters. The number of fused-ring (bicyclic) bond motifs is 1. The van der Waals surface area contributed by atoms with E-state index in [2.05, 4.69) is 10.3 Å². The van der Waals surface area contributed by atoms with Crippen LogP contribution in [0.1, 0.15) is 48.8 Å². The van der Waals surface area contributed by atoms with Gasteiger partial charge >= 0.3 is 12.1 Å². The lowest BCUT2D eigenvalue weighted by Gasteiger charge is -2.20. The number of carbonyl (C=O) groups is 2. The summed E-state index contributed by atoms with van der Waals surface area (Å²) in [5.74, 6) is -1.06. The van der Waals surface area contributed by atoms with Crippen LogP contribution in [0.2, 0.25) is 0 Å². The molecule has 1 aliphatic rings. The molecule has 0 aliphatic heterocycles. The number of aromatic carboxylic acids is 1. The van der Waals surface area contributed by atoms with E-state index in [1.165, 1.54) is 0 Å². The number of aryl methyl sites for hydroxylation is 2. The summed E-state index contributed by atoms with van der Waals surface area (Å²) in [6.45, 7) is 5.21. The first-order chi connectivity index (χ1) is 9.26. The molecule has 0 spiro atoms. The van der Waals surface area contributed by atoms with Crippen LogP contribution in [-0.2, 0) is 17.6 Å². The first-order valence-electron chi connectivity index (χ1n) is 6.52. The summed E-state index contributed by atoms with van der Waals surface area (Å²) in [7, 11) is 0. The van der Waals surface area contributed by atoms with Gasteiger partial charge in [0, 0.05) is 5.69 Å². The van der Waals surface area contributed by atoms with Gasteiger partial charge in [-0.2, -0.15) is 0 Å².